The average molecular weight is 350 g/mol. The molecule has 0 aromatic heterocycles. The van der Waals surface area contributed by atoms with E-state index in [1.165, 1.54) is 25.3 Å². The molecule has 0 saturated heterocycles. The summed E-state index contributed by atoms with van der Waals surface area (Å²) < 4.78 is 33.5. The minimum absolute atomic E-state index is 0.0407. The molecule has 1 amide bonds. The topological polar surface area (TPSA) is 84.5 Å². The lowest BCUT2D eigenvalue weighted by Crippen LogP contribution is -2.32. The Kier molecular flexibility index (Phi) is 3.80. The summed E-state index contributed by atoms with van der Waals surface area (Å²) in [6.45, 7) is 2.20. The zero-order valence-corrected chi connectivity index (χ0v) is 14.5. The fourth-order valence-corrected chi connectivity index (χ4v) is 5.76. The molecule has 1 heterocycles. The molecule has 3 aliphatic rings. The van der Waals surface area contributed by atoms with Crippen molar-refractivity contribution >= 4 is 21.6 Å². The second-order valence-corrected chi connectivity index (χ2v) is 8.97. The monoisotopic (exact) mass is 350 g/mol. The number of carbonyl (C=O) groups is 1. The summed E-state index contributed by atoms with van der Waals surface area (Å²) in [6.07, 6.45) is 4.93. The zero-order valence-electron chi connectivity index (χ0n) is 13.7. The summed E-state index contributed by atoms with van der Waals surface area (Å²) in [5, 5.41) is 2.66. The standard InChI is InChI=1S/C17H22N2O4S/c1-10-4-15-14(19-17(20)9-23-15)7-16(10)24(21,22)18-8-13-6-11-2-3-12(13)5-11/h4,7,11-13,18H,2-3,5-6,8-9H2,1H3,(H,19,20)/t11-,12-,13+/m0/s1. The number of hydrogen-bond donors (Lipinski definition) is 2. The summed E-state index contributed by atoms with van der Waals surface area (Å²) in [5.41, 5.74) is 1.03. The lowest BCUT2D eigenvalue weighted by molar-refractivity contribution is -0.118. The van der Waals surface area contributed by atoms with Crippen LogP contribution >= 0.6 is 0 Å². The maximum atomic E-state index is 12.7. The number of fused-ring (bicyclic) bond motifs is 3. The van der Waals surface area contributed by atoms with E-state index in [0.717, 1.165) is 12.3 Å². The van der Waals surface area contributed by atoms with Gasteiger partial charge < -0.3 is 10.1 Å². The quantitative estimate of drug-likeness (QED) is 0.870. The zero-order chi connectivity index (χ0) is 16.9. The predicted molar refractivity (Wildman–Crippen MR) is 89.4 cm³/mol. The molecule has 1 aromatic carbocycles. The fraction of sp³-hybridized carbons (Fsp3) is 0.588. The van der Waals surface area contributed by atoms with Gasteiger partial charge in [-0.15, -0.1) is 0 Å². The van der Waals surface area contributed by atoms with Crippen molar-refractivity contribution in [2.75, 3.05) is 18.5 Å². The minimum Gasteiger partial charge on any atom is -0.482 e. The van der Waals surface area contributed by atoms with Crippen LogP contribution in [-0.4, -0.2) is 27.5 Å². The number of carbonyl (C=O) groups excluding carboxylic acids is 1. The summed E-state index contributed by atoms with van der Waals surface area (Å²) >= 11 is 0. The van der Waals surface area contributed by atoms with Gasteiger partial charge in [-0.3, -0.25) is 4.79 Å². The number of ether oxygens (including phenoxy) is 1. The van der Waals surface area contributed by atoms with Crippen molar-refractivity contribution in [3.8, 4) is 5.75 Å². The SMILES string of the molecule is Cc1cc2c(cc1S(=O)(=O)NC[C@H]1C[C@H]3CC[C@H]1C3)NC(=O)CO2. The Labute approximate surface area is 142 Å². The first kappa shape index (κ1) is 15.9. The van der Waals surface area contributed by atoms with Crippen molar-refractivity contribution in [2.45, 2.75) is 37.5 Å². The molecule has 24 heavy (non-hydrogen) atoms. The van der Waals surface area contributed by atoms with Gasteiger partial charge in [0.2, 0.25) is 10.0 Å². The van der Waals surface area contributed by atoms with Crippen LogP contribution in [0.1, 0.15) is 31.2 Å². The Morgan fingerprint density at radius 1 is 1.29 bits per heavy atom. The molecule has 0 radical (unpaired) electrons. The van der Waals surface area contributed by atoms with Crippen LogP contribution in [-0.2, 0) is 14.8 Å². The van der Waals surface area contributed by atoms with E-state index < -0.39 is 10.0 Å². The van der Waals surface area contributed by atoms with E-state index in [2.05, 4.69) is 10.0 Å². The van der Waals surface area contributed by atoms with Crippen molar-refractivity contribution in [1.29, 1.82) is 0 Å². The van der Waals surface area contributed by atoms with Crippen molar-refractivity contribution in [3.05, 3.63) is 17.7 Å². The smallest absolute Gasteiger partial charge is 0.262 e. The van der Waals surface area contributed by atoms with E-state index in [9.17, 15) is 13.2 Å². The summed E-state index contributed by atoms with van der Waals surface area (Å²) in [5.74, 6) is 2.17. The van der Waals surface area contributed by atoms with Gasteiger partial charge in [0.25, 0.3) is 5.91 Å². The molecule has 3 atom stereocenters. The summed E-state index contributed by atoms with van der Waals surface area (Å²) in [7, 11) is -3.60. The highest BCUT2D eigenvalue weighted by molar-refractivity contribution is 7.89. The predicted octanol–water partition coefficient (Wildman–Crippen LogP) is 2.04. The van der Waals surface area contributed by atoms with E-state index in [1.54, 1.807) is 13.0 Å². The van der Waals surface area contributed by atoms with Gasteiger partial charge in [-0.25, -0.2) is 13.1 Å². The third kappa shape index (κ3) is 2.80. The van der Waals surface area contributed by atoms with E-state index in [0.29, 0.717) is 35.4 Å². The number of benzene rings is 1. The van der Waals surface area contributed by atoms with Gasteiger partial charge in [-0.2, -0.15) is 0 Å². The van der Waals surface area contributed by atoms with E-state index in [1.807, 2.05) is 0 Å². The third-order valence-corrected chi connectivity index (χ3v) is 7.19. The van der Waals surface area contributed by atoms with Gasteiger partial charge in [-0.05, 0) is 61.6 Å². The highest BCUT2D eigenvalue weighted by Crippen LogP contribution is 2.48. The van der Waals surface area contributed by atoms with Crippen molar-refractivity contribution in [1.82, 2.24) is 4.72 Å². The largest absolute Gasteiger partial charge is 0.482 e. The van der Waals surface area contributed by atoms with Crippen LogP contribution in [0.4, 0.5) is 5.69 Å². The lowest BCUT2D eigenvalue weighted by Gasteiger charge is -2.23. The van der Waals surface area contributed by atoms with Crippen LogP contribution < -0.4 is 14.8 Å². The highest BCUT2D eigenvalue weighted by atomic mass is 32.2. The summed E-state index contributed by atoms with van der Waals surface area (Å²) in [4.78, 5) is 11.6. The van der Waals surface area contributed by atoms with Crippen LogP contribution in [0, 0.1) is 24.7 Å². The number of hydrogen-bond acceptors (Lipinski definition) is 4. The molecule has 7 heteroatoms. The van der Waals surface area contributed by atoms with Crippen molar-refractivity contribution in [2.24, 2.45) is 17.8 Å². The van der Waals surface area contributed by atoms with Crippen LogP contribution in [0.25, 0.3) is 0 Å². The molecule has 1 aromatic rings. The third-order valence-electron chi connectivity index (χ3n) is 5.62. The molecule has 2 aliphatic carbocycles. The van der Waals surface area contributed by atoms with E-state index >= 15 is 0 Å². The van der Waals surface area contributed by atoms with Crippen LogP contribution in [0.3, 0.4) is 0 Å². The van der Waals surface area contributed by atoms with Crippen molar-refractivity contribution in [3.63, 3.8) is 0 Å². The molecular weight excluding hydrogens is 328 g/mol. The number of nitrogens with one attached hydrogen (secondary N) is 2. The molecule has 2 saturated carbocycles. The van der Waals surface area contributed by atoms with Crippen LogP contribution in [0.2, 0.25) is 0 Å². The molecule has 2 N–H and O–H groups in total. The molecule has 2 fully saturated rings. The first-order valence-corrected chi connectivity index (χ1v) is 9.97. The minimum atomic E-state index is -3.60. The van der Waals surface area contributed by atoms with Gasteiger partial charge in [0, 0.05) is 6.54 Å². The highest BCUT2D eigenvalue weighted by Gasteiger charge is 2.39. The molecule has 4 rings (SSSR count). The Morgan fingerprint density at radius 2 is 2.12 bits per heavy atom. The number of amides is 1. The molecule has 6 nitrogen and oxygen atoms in total. The Morgan fingerprint density at radius 3 is 2.83 bits per heavy atom. The molecule has 0 unspecified atom stereocenters. The Balaban J connectivity index is 1.53. The normalized spacial score (nSPS) is 28.4. The van der Waals surface area contributed by atoms with Gasteiger partial charge >= 0.3 is 0 Å². The van der Waals surface area contributed by atoms with Gasteiger partial charge in [0.05, 0.1) is 10.6 Å². The van der Waals surface area contributed by atoms with Gasteiger partial charge in [0.15, 0.2) is 6.61 Å². The number of rotatable bonds is 4. The maximum absolute atomic E-state index is 12.7. The van der Waals surface area contributed by atoms with E-state index in [4.69, 9.17) is 4.74 Å². The molecule has 1 aliphatic heterocycles. The van der Waals surface area contributed by atoms with Crippen LogP contribution in [0.15, 0.2) is 17.0 Å². The van der Waals surface area contributed by atoms with Crippen LogP contribution in [0.5, 0.6) is 5.75 Å². The second-order valence-electron chi connectivity index (χ2n) is 7.24. The first-order chi connectivity index (χ1) is 11.4. The van der Waals surface area contributed by atoms with E-state index in [-0.39, 0.29) is 17.4 Å². The maximum Gasteiger partial charge on any atom is 0.262 e. The molecule has 2 bridgehead atoms. The lowest BCUT2D eigenvalue weighted by atomic mass is 9.89. The number of sulfonamides is 1. The summed E-state index contributed by atoms with van der Waals surface area (Å²) in [6, 6.07) is 3.16. The Hall–Kier alpha value is -1.60. The fourth-order valence-electron chi connectivity index (χ4n) is 4.42. The number of aryl methyl sites for hydroxylation is 1. The first-order valence-electron chi connectivity index (χ1n) is 8.49. The van der Waals surface area contributed by atoms with Crippen molar-refractivity contribution < 1.29 is 17.9 Å². The molecule has 0 spiro atoms. The second kappa shape index (κ2) is 5.74. The van der Waals surface area contributed by atoms with Gasteiger partial charge in [-0.1, -0.05) is 6.42 Å². The number of anilines is 1. The Bertz CT molecular complexity index is 790. The molecule has 130 valence electrons. The molecular formula is C17H22N2O4S. The van der Waals surface area contributed by atoms with Gasteiger partial charge in [0.1, 0.15) is 5.75 Å². The average Bonchev–Trinajstić information content (AvgIpc) is 3.15.